The van der Waals surface area contributed by atoms with Crippen LogP contribution in [-0.2, 0) is 59.3 Å². The molecule has 3 heterocycles. The van der Waals surface area contributed by atoms with Crippen molar-refractivity contribution in [3.63, 3.8) is 0 Å². The number of carbonyl (C=O) groups excluding carboxylic acids is 6. The van der Waals surface area contributed by atoms with Crippen LogP contribution < -0.4 is 32.3 Å². The minimum absolute atomic E-state index is 0.0160. The van der Waals surface area contributed by atoms with Crippen molar-refractivity contribution in [1.82, 2.24) is 36.5 Å². The number of carbonyl (C=O) groups is 6. The maximum Gasteiger partial charge on any atom is 0.246 e. The van der Waals surface area contributed by atoms with E-state index >= 15 is 0 Å². The van der Waals surface area contributed by atoms with Gasteiger partial charge in [0.2, 0.25) is 35.4 Å². The van der Waals surface area contributed by atoms with Gasteiger partial charge in [0.25, 0.3) is 0 Å². The maximum atomic E-state index is 14.9. The first-order valence-corrected chi connectivity index (χ1v) is 21.4. The first-order valence-electron chi connectivity index (χ1n) is 21.4. The number of hydrogen-bond acceptors (Lipinski definition) is 9. The van der Waals surface area contributed by atoms with Crippen molar-refractivity contribution in [2.75, 3.05) is 45.9 Å². The molecule has 4 aromatic rings. The summed E-state index contributed by atoms with van der Waals surface area (Å²) < 4.78 is 5.36. The summed E-state index contributed by atoms with van der Waals surface area (Å²) in [7, 11) is 0. The van der Waals surface area contributed by atoms with Gasteiger partial charge in [0.15, 0.2) is 0 Å². The average Bonchev–Trinajstić information content (AvgIpc) is 3.30. The molecule has 3 atom stereocenters. The minimum Gasteiger partial charge on any atom is -0.378 e. The Bertz CT molecular complexity index is 2220. The van der Waals surface area contributed by atoms with Crippen molar-refractivity contribution in [2.24, 2.45) is 11.1 Å². The zero-order valence-corrected chi connectivity index (χ0v) is 35.4. The summed E-state index contributed by atoms with van der Waals surface area (Å²) in [4.78, 5) is 88.4. The van der Waals surface area contributed by atoms with Gasteiger partial charge in [-0.2, -0.15) is 0 Å². The second kappa shape index (κ2) is 22.9. The molecule has 1 fully saturated rings. The quantitative estimate of drug-likeness (QED) is 0.122. The molecule has 15 heteroatoms. The van der Waals surface area contributed by atoms with Crippen LogP contribution in [0.4, 0.5) is 0 Å². The lowest BCUT2D eigenvalue weighted by atomic mass is 9.74. The van der Waals surface area contributed by atoms with E-state index in [0.717, 1.165) is 28.3 Å². The largest absolute Gasteiger partial charge is 0.378 e. The normalized spacial score (nSPS) is 21.0. The Kier molecular flexibility index (Phi) is 16.7. The number of amides is 6. The Hall–Kier alpha value is -6.71. The van der Waals surface area contributed by atoms with Crippen LogP contribution in [0.1, 0.15) is 41.5 Å². The fraction of sp³-hybridized carbons (Fsp3) is 0.354. The Balaban J connectivity index is 1.30. The van der Waals surface area contributed by atoms with E-state index in [2.05, 4.69) is 31.6 Å². The molecule has 2 aliphatic rings. The van der Waals surface area contributed by atoms with E-state index in [1.165, 1.54) is 6.08 Å². The molecule has 6 rings (SSSR count). The number of pyridine rings is 1. The van der Waals surface area contributed by atoms with Crippen molar-refractivity contribution < 1.29 is 33.5 Å². The van der Waals surface area contributed by atoms with Crippen molar-refractivity contribution in [3.8, 4) is 11.1 Å². The average molecular weight is 857 g/mol. The topological polar surface area (TPSA) is 214 Å². The number of rotatable bonds is 11. The van der Waals surface area contributed by atoms with E-state index in [-0.39, 0.29) is 58.0 Å². The number of benzene rings is 3. The lowest BCUT2D eigenvalue weighted by molar-refractivity contribution is -0.141. The summed E-state index contributed by atoms with van der Waals surface area (Å²) in [5.41, 5.74) is 9.36. The Morgan fingerprint density at radius 2 is 1.56 bits per heavy atom. The van der Waals surface area contributed by atoms with Gasteiger partial charge in [-0.05, 0) is 71.2 Å². The van der Waals surface area contributed by atoms with E-state index < -0.39 is 47.0 Å². The molecule has 1 saturated heterocycles. The number of nitrogens with zero attached hydrogens (tertiary/aromatic N) is 2. The lowest BCUT2D eigenvalue weighted by Gasteiger charge is -2.42. The summed E-state index contributed by atoms with van der Waals surface area (Å²) in [5.74, 6) is -2.70. The SMILES string of the molecule is NCCOCCNC(=O)[C@@H]1CCNC(=O)/C=C/C(=O)N2CCC[C@](Cc3ccccc3)(C2)C(=O)N[C@@H](Cc2ccc(-c3ccncc3)cc2)C(=O)NCc2ccccc2CC(=O)N1. The molecule has 15 nitrogen and oxygen atoms in total. The van der Waals surface area contributed by atoms with Crippen LogP contribution in [0.15, 0.2) is 116 Å². The van der Waals surface area contributed by atoms with Gasteiger partial charge in [0, 0.05) is 70.2 Å². The van der Waals surface area contributed by atoms with Gasteiger partial charge in [-0.15, -0.1) is 0 Å². The van der Waals surface area contributed by atoms with Crippen LogP contribution in [-0.4, -0.2) is 103 Å². The van der Waals surface area contributed by atoms with Gasteiger partial charge < -0.3 is 42.0 Å². The number of nitrogens with one attached hydrogen (secondary N) is 5. The highest BCUT2D eigenvalue weighted by atomic mass is 16.5. The van der Waals surface area contributed by atoms with Crippen LogP contribution in [0.5, 0.6) is 0 Å². The summed E-state index contributed by atoms with van der Waals surface area (Å²) in [6.45, 7) is 1.59. The molecular weight excluding hydrogens is 801 g/mol. The smallest absolute Gasteiger partial charge is 0.246 e. The zero-order valence-electron chi connectivity index (χ0n) is 35.4. The second-order valence-electron chi connectivity index (χ2n) is 15.9. The fourth-order valence-electron chi connectivity index (χ4n) is 7.95. The predicted molar refractivity (Wildman–Crippen MR) is 237 cm³/mol. The minimum atomic E-state index is -1.10. The number of piperidine rings is 1. The highest BCUT2D eigenvalue weighted by Crippen LogP contribution is 2.35. The Morgan fingerprint density at radius 3 is 2.32 bits per heavy atom. The monoisotopic (exact) mass is 856 g/mol. The molecule has 2 aliphatic heterocycles. The van der Waals surface area contributed by atoms with Crippen LogP contribution in [0.2, 0.25) is 0 Å². The van der Waals surface area contributed by atoms with Gasteiger partial charge in [0.05, 0.1) is 25.0 Å². The van der Waals surface area contributed by atoms with Gasteiger partial charge in [0.1, 0.15) is 12.1 Å². The molecule has 6 amide bonds. The van der Waals surface area contributed by atoms with Crippen molar-refractivity contribution in [1.29, 1.82) is 0 Å². The number of hydrogen-bond donors (Lipinski definition) is 6. The molecule has 63 heavy (non-hydrogen) atoms. The van der Waals surface area contributed by atoms with Crippen molar-refractivity contribution in [2.45, 2.75) is 57.2 Å². The number of fused-ring (bicyclic) bond motifs is 3. The molecule has 0 unspecified atom stereocenters. The zero-order chi connectivity index (χ0) is 44.4. The van der Waals surface area contributed by atoms with E-state index in [9.17, 15) is 28.8 Å². The highest BCUT2D eigenvalue weighted by molar-refractivity contribution is 5.97. The molecule has 3 aromatic carbocycles. The first kappa shape index (κ1) is 45.8. The maximum absolute atomic E-state index is 14.9. The van der Waals surface area contributed by atoms with Crippen LogP contribution >= 0.6 is 0 Å². The molecule has 330 valence electrons. The summed E-state index contributed by atoms with van der Waals surface area (Å²) in [6.07, 6.45) is 7.16. The highest BCUT2D eigenvalue weighted by Gasteiger charge is 2.44. The van der Waals surface area contributed by atoms with Gasteiger partial charge >= 0.3 is 0 Å². The molecule has 2 bridgehead atoms. The molecule has 0 spiro atoms. The summed E-state index contributed by atoms with van der Waals surface area (Å²) in [6, 6.07) is 26.3. The summed E-state index contributed by atoms with van der Waals surface area (Å²) >= 11 is 0. The molecule has 0 radical (unpaired) electrons. The molecule has 1 aromatic heterocycles. The number of ether oxygens (including phenoxy) is 1. The molecule has 0 saturated carbocycles. The number of aromatic nitrogens is 1. The van der Waals surface area contributed by atoms with E-state index in [4.69, 9.17) is 10.5 Å². The van der Waals surface area contributed by atoms with Crippen LogP contribution in [0, 0.1) is 5.41 Å². The third kappa shape index (κ3) is 13.4. The Morgan fingerprint density at radius 1 is 0.825 bits per heavy atom. The van der Waals surface area contributed by atoms with Gasteiger partial charge in [-0.1, -0.05) is 78.9 Å². The first-order chi connectivity index (χ1) is 30.6. The van der Waals surface area contributed by atoms with E-state index in [1.807, 2.05) is 72.8 Å². The Labute approximate surface area is 367 Å². The molecular formula is C48H56N8O7. The van der Waals surface area contributed by atoms with Crippen LogP contribution in [0.3, 0.4) is 0 Å². The predicted octanol–water partition coefficient (Wildman–Crippen LogP) is 2.14. The van der Waals surface area contributed by atoms with E-state index in [0.29, 0.717) is 50.1 Å². The van der Waals surface area contributed by atoms with Crippen molar-refractivity contribution >= 4 is 35.4 Å². The standard InChI is InChI=1S/C48H56N8O7/c49-21-27-63-28-25-52-45(60)40-19-24-51-42(57)15-16-44(59)56-26-6-20-48(33-56,31-35-7-2-1-3-8-35)47(62)55-41(29-34-11-13-36(14-12-34)37-17-22-50-23-18-37)46(61)53-32-39-10-5-4-9-38(39)30-43(58)54-40/h1-5,7-18,22-23,40-41H,6,19-21,24-33,49H2,(H,51,57)(H,52,60)(H,53,61)(H,54,58)(H,55,62)/b16-15+/t40-,41-,48-/m0/s1. The number of nitrogens with two attached hydrogens (primary N) is 1. The van der Waals surface area contributed by atoms with Crippen molar-refractivity contribution in [3.05, 3.63) is 138 Å². The lowest BCUT2D eigenvalue weighted by Crippen LogP contribution is -2.58. The third-order valence-electron chi connectivity index (χ3n) is 11.3. The van der Waals surface area contributed by atoms with E-state index in [1.54, 1.807) is 35.5 Å². The fourth-order valence-corrected chi connectivity index (χ4v) is 7.95. The second-order valence-corrected chi connectivity index (χ2v) is 15.9. The van der Waals surface area contributed by atoms with Crippen LogP contribution in [0.25, 0.3) is 11.1 Å². The van der Waals surface area contributed by atoms with Gasteiger partial charge in [-0.25, -0.2) is 0 Å². The van der Waals surface area contributed by atoms with Gasteiger partial charge in [-0.3, -0.25) is 33.8 Å². The molecule has 0 aliphatic carbocycles. The third-order valence-corrected chi connectivity index (χ3v) is 11.3. The molecule has 7 N–H and O–H groups in total. The summed E-state index contributed by atoms with van der Waals surface area (Å²) in [5, 5.41) is 14.4.